The standard InChI is InChI=1S/C14H19BrN2O2/c1-9(5-10-3-2-4-11(15)6-10)17-14(19)13-7-12(18)8-16-13/h2-4,6,9,12-13,16,18H,5,7-8H2,1H3,(H,17,19)/t9-,12+,13+/m1/s1. The number of rotatable bonds is 4. The summed E-state index contributed by atoms with van der Waals surface area (Å²) in [4.78, 5) is 12.0. The molecule has 3 N–H and O–H groups in total. The Hall–Kier alpha value is -0.910. The maximum atomic E-state index is 12.0. The Morgan fingerprint density at radius 1 is 1.63 bits per heavy atom. The molecule has 4 nitrogen and oxygen atoms in total. The summed E-state index contributed by atoms with van der Waals surface area (Å²) in [7, 11) is 0. The molecule has 1 amide bonds. The van der Waals surface area contributed by atoms with Crippen LogP contribution in [0.5, 0.6) is 0 Å². The number of β-amino-alcohol motifs (C(OH)–C–C–N with tert-alkyl or cyclic N) is 1. The van der Waals surface area contributed by atoms with Gasteiger partial charge in [0.15, 0.2) is 0 Å². The first-order valence-electron chi connectivity index (χ1n) is 6.51. The predicted octanol–water partition coefficient (Wildman–Crippen LogP) is 1.22. The summed E-state index contributed by atoms with van der Waals surface area (Å²) in [5, 5.41) is 15.4. The summed E-state index contributed by atoms with van der Waals surface area (Å²) in [5.74, 6) is -0.0287. The van der Waals surface area contributed by atoms with Crippen LogP contribution in [0, 0.1) is 0 Å². The summed E-state index contributed by atoms with van der Waals surface area (Å²) < 4.78 is 1.05. The van der Waals surface area contributed by atoms with Crippen LogP contribution in [0.2, 0.25) is 0 Å². The largest absolute Gasteiger partial charge is 0.392 e. The highest BCUT2D eigenvalue weighted by Crippen LogP contribution is 2.13. The van der Waals surface area contributed by atoms with E-state index in [1.54, 1.807) is 0 Å². The lowest BCUT2D eigenvalue weighted by Crippen LogP contribution is -2.44. The molecule has 0 unspecified atom stereocenters. The number of halogens is 1. The van der Waals surface area contributed by atoms with Crippen molar-refractivity contribution in [2.24, 2.45) is 0 Å². The molecule has 0 spiro atoms. The van der Waals surface area contributed by atoms with Crippen LogP contribution in [0.15, 0.2) is 28.7 Å². The molecule has 1 aromatic rings. The van der Waals surface area contributed by atoms with Gasteiger partial charge in [-0.05, 0) is 37.5 Å². The van der Waals surface area contributed by atoms with Gasteiger partial charge in [-0.3, -0.25) is 4.79 Å². The first-order chi connectivity index (χ1) is 9.04. The Kier molecular flexibility index (Phi) is 4.96. The molecule has 0 bridgehead atoms. The number of hydrogen-bond donors (Lipinski definition) is 3. The number of nitrogens with one attached hydrogen (secondary N) is 2. The number of carbonyl (C=O) groups excluding carboxylic acids is 1. The SMILES string of the molecule is C[C@H](Cc1cccc(Br)c1)NC(=O)[C@@H]1C[C@H](O)CN1. The molecule has 2 rings (SSSR count). The van der Waals surface area contributed by atoms with E-state index in [1.165, 1.54) is 5.56 Å². The van der Waals surface area contributed by atoms with Gasteiger partial charge in [0.2, 0.25) is 5.91 Å². The Bertz CT molecular complexity index is 453. The highest BCUT2D eigenvalue weighted by molar-refractivity contribution is 9.10. The number of benzene rings is 1. The van der Waals surface area contributed by atoms with Crippen molar-refractivity contribution in [3.8, 4) is 0 Å². The second kappa shape index (κ2) is 6.50. The van der Waals surface area contributed by atoms with E-state index in [0.29, 0.717) is 13.0 Å². The first-order valence-corrected chi connectivity index (χ1v) is 7.30. The van der Waals surface area contributed by atoms with Gasteiger partial charge >= 0.3 is 0 Å². The Morgan fingerprint density at radius 2 is 2.42 bits per heavy atom. The maximum Gasteiger partial charge on any atom is 0.237 e. The van der Waals surface area contributed by atoms with E-state index in [4.69, 9.17) is 0 Å². The second-order valence-corrected chi connectivity index (χ2v) is 6.01. The van der Waals surface area contributed by atoms with Gasteiger partial charge in [0.1, 0.15) is 0 Å². The van der Waals surface area contributed by atoms with Gasteiger partial charge < -0.3 is 15.7 Å². The molecule has 1 aliphatic heterocycles. The van der Waals surface area contributed by atoms with E-state index >= 15 is 0 Å². The molecular formula is C14H19BrN2O2. The second-order valence-electron chi connectivity index (χ2n) is 5.09. The third kappa shape index (κ3) is 4.30. The zero-order valence-corrected chi connectivity index (χ0v) is 12.5. The molecule has 0 aromatic heterocycles. The molecule has 3 atom stereocenters. The molecule has 104 valence electrons. The zero-order valence-electron chi connectivity index (χ0n) is 10.9. The van der Waals surface area contributed by atoms with Crippen LogP contribution in [0.4, 0.5) is 0 Å². The van der Waals surface area contributed by atoms with E-state index < -0.39 is 6.10 Å². The van der Waals surface area contributed by atoms with Gasteiger partial charge in [-0.2, -0.15) is 0 Å². The van der Waals surface area contributed by atoms with Crippen molar-refractivity contribution in [1.82, 2.24) is 10.6 Å². The molecular weight excluding hydrogens is 308 g/mol. The third-order valence-corrected chi connectivity index (χ3v) is 3.74. The molecule has 0 radical (unpaired) electrons. The lowest BCUT2D eigenvalue weighted by Gasteiger charge is -2.17. The Morgan fingerprint density at radius 3 is 3.05 bits per heavy atom. The van der Waals surface area contributed by atoms with Gasteiger partial charge in [-0.25, -0.2) is 0 Å². The Labute approximate surface area is 121 Å². The minimum Gasteiger partial charge on any atom is -0.392 e. The fourth-order valence-corrected chi connectivity index (χ4v) is 2.78. The van der Waals surface area contributed by atoms with Crippen LogP contribution in [-0.2, 0) is 11.2 Å². The van der Waals surface area contributed by atoms with Crippen LogP contribution in [0.1, 0.15) is 18.9 Å². The molecule has 19 heavy (non-hydrogen) atoms. The quantitative estimate of drug-likeness (QED) is 0.779. The predicted molar refractivity (Wildman–Crippen MR) is 77.9 cm³/mol. The van der Waals surface area contributed by atoms with Gasteiger partial charge in [-0.15, -0.1) is 0 Å². The van der Waals surface area contributed by atoms with Crippen molar-refractivity contribution in [2.45, 2.75) is 38.0 Å². The highest BCUT2D eigenvalue weighted by atomic mass is 79.9. The van der Waals surface area contributed by atoms with Crippen LogP contribution in [-0.4, -0.2) is 35.7 Å². The molecule has 1 fully saturated rings. The topological polar surface area (TPSA) is 61.4 Å². The number of hydrogen-bond acceptors (Lipinski definition) is 3. The molecule has 1 saturated heterocycles. The van der Waals surface area contributed by atoms with E-state index in [-0.39, 0.29) is 18.0 Å². The molecule has 0 saturated carbocycles. The summed E-state index contributed by atoms with van der Waals surface area (Å²) in [5.41, 5.74) is 1.18. The fraction of sp³-hybridized carbons (Fsp3) is 0.500. The normalized spacial score (nSPS) is 24.2. The number of amides is 1. The van der Waals surface area contributed by atoms with Crippen molar-refractivity contribution >= 4 is 21.8 Å². The summed E-state index contributed by atoms with van der Waals surface area (Å²) in [6, 6.07) is 7.88. The van der Waals surface area contributed by atoms with E-state index in [0.717, 1.165) is 10.9 Å². The third-order valence-electron chi connectivity index (χ3n) is 3.24. The van der Waals surface area contributed by atoms with Crippen LogP contribution in [0.3, 0.4) is 0 Å². The first kappa shape index (κ1) is 14.5. The van der Waals surface area contributed by atoms with Gasteiger partial charge in [0, 0.05) is 17.1 Å². The van der Waals surface area contributed by atoms with Crippen molar-refractivity contribution < 1.29 is 9.90 Å². The molecule has 1 aromatic carbocycles. The summed E-state index contributed by atoms with van der Waals surface area (Å²) in [6.07, 6.45) is 0.881. The smallest absolute Gasteiger partial charge is 0.237 e. The minimum absolute atomic E-state index is 0.0287. The average molecular weight is 327 g/mol. The zero-order chi connectivity index (χ0) is 13.8. The van der Waals surface area contributed by atoms with Crippen molar-refractivity contribution in [3.63, 3.8) is 0 Å². The van der Waals surface area contributed by atoms with E-state index in [9.17, 15) is 9.90 Å². The molecule has 1 heterocycles. The summed E-state index contributed by atoms with van der Waals surface area (Å²) in [6.45, 7) is 2.49. The lowest BCUT2D eigenvalue weighted by atomic mass is 10.1. The molecule has 5 heteroatoms. The lowest BCUT2D eigenvalue weighted by molar-refractivity contribution is -0.123. The number of carbonyl (C=O) groups is 1. The van der Waals surface area contributed by atoms with E-state index in [2.05, 4.69) is 32.6 Å². The molecule has 1 aliphatic rings. The summed E-state index contributed by atoms with van der Waals surface area (Å²) >= 11 is 3.44. The van der Waals surface area contributed by atoms with Crippen molar-refractivity contribution in [1.29, 1.82) is 0 Å². The van der Waals surface area contributed by atoms with Crippen LogP contribution in [0.25, 0.3) is 0 Å². The monoisotopic (exact) mass is 326 g/mol. The van der Waals surface area contributed by atoms with Crippen molar-refractivity contribution in [3.05, 3.63) is 34.3 Å². The van der Waals surface area contributed by atoms with Crippen LogP contribution < -0.4 is 10.6 Å². The highest BCUT2D eigenvalue weighted by Gasteiger charge is 2.28. The van der Waals surface area contributed by atoms with Gasteiger partial charge in [0.25, 0.3) is 0 Å². The van der Waals surface area contributed by atoms with Crippen LogP contribution >= 0.6 is 15.9 Å². The van der Waals surface area contributed by atoms with Gasteiger partial charge in [0.05, 0.1) is 12.1 Å². The van der Waals surface area contributed by atoms with Gasteiger partial charge in [-0.1, -0.05) is 28.1 Å². The average Bonchev–Trinajstić information content (AvgIpc) is 2.75. The number of aliphatic hydroxyl groups excluding tert-OH is 1. The molecule has 0 aliphatic carbocycles. The van der Waals surface area contributed by atoms with E-state index in [1.807, 2.05) is 25.1 Å². The van der Waals surface area contributed by atoms with Crippen molar-refractivity contribution in [2.75, 3.05) is 6.54 Å². The maximum absolute atomic E-state index is 12.0. The Balaban J connectivity index is 1.84. The fourth-order valence-electron chi connectivity index (χ4n) is 2.33. The minimum atomic E-state index is -0.406. The number of aliphatic hydroxyl groups is 1.